The molecule has 0 spiro atoms. The first kappa shape index (κ1) is 16.9. The minimum Gasteiger partial charge on any atom is -0.462 e. The number of benzene rings is 1. The van der Waals surface area contributed by atoms with Gasteiger partial charge in [-0.15, -0.1) is 0 Å². The third kappa shape index (κ3) is 4.45. The van der Waals surface area contributed by atoms with E-state index in [1.807, 2.05) is 13.8 Å². The van der Waals surface area contributed by atoms with E-state index in [2.05, 4.69) is 0 Å². The van der Waals surface area contributed by atoms with Gasteiger partial charge in [0.25, 0.3) is 9.05 Å². The van der Waals surface area contributed by atoms with Gasteiger partial charge in [-0.05, 0) is 31.4 Å². The summed E-state index contributed by atoms with van der Waals surface area (Å²) in [5.74, 6) is -1.23. The number of halogens is 2. The quantitative estimate of drug-likeness (QED) is 0.616. The molecule has 112 valence electrons. The van der Waals surface area contributed by atoms with Crippen LogP contribution in [-0.4, -0.2) is 21.0 Å². The molecule has 0 saturated heterocycles. The molecule has 7 heteroatoms. The minimum absolute atomic E-state index is 0.126. The molecule has 0 heterocycles. The second-order valence-electron chi connectivity index (χ2n) is 4.84. The molecule has 0 bridgehead atoms. The van der Waals surface area contributed by atoms with Gasteiger partial charge in [-0.1, -0.05) is 13.8 Å². The lowest BCUT2D eigenvalue weighted by atomic mass is 10.1. The molecule has 0 aromatic heterocycles. The zero-order valence-corrected chi connectivity index (χ0v) is 13.0. The van der Waals surface area contributed by atoms with Crippen LogP contribution in [0.5, 0.6) is 0 Å². The van der Waals surface area contributed by atoms with E-state index >= 15 is 0 Å². The highest BCUT2D eigenvalue weighted by molar-refractivity contribution is 8.13. The molecule has 0 aliphatic carbocycles. The maximum Gasteiger partial charge on any atom is 0.338 e. The zero-order chi connectivity index (χ0) is 15.5. The summed E-state index contributed by atoms with van der Waals surface area (Å²) in [6, 6.07) is 1.97. The van der Waals surface area contributed by atoms with Crippen molar-refractivity contribution in [2.45, 2.75) is 32.1 Å². The van der Waals surface area contributed by atoms with Crippen LogP contribution in [0.2, 0.25) is 0 Å². The summed E-state index contributed by atoms with van der Waals surface area (Å²) in [5, 5.41) is 0. The van der Waals surface area contributed by atoms with E-state index in [1.54, 1.807) is 0 Å². The number of hydrogen-bond acceptors (Lipinski definition) is 4. The van der Waals surface area contributed by atoms with E-state index < -0.39 is 25.7 Å². The van der Waals surface area contributed by atoms with Crippen LogP contribution in [0, 0.1) is 18.7 Å². The fourth-order valence-electron chi connectivity index (χ4n) is 1.50. The summed E-state index contributed by atoms with van der Waals surface area (Å²) in [6.07, 6.45) is 0.667. The number of carbonyl (C=O) groups is 1. The smallest absolute Gasteiger partial charge is 0.338 e. The second-order valence-corrected chi connectivity index (χ2v) is 7.37. The lowest BCUT2D eigenvalue weighted by Gasteiger charge is -2.09. The van der Waals surface area contributed by atoms with Crippen molar-refractivity contribution in [3.05, 3.63) is 29.1 Å². The Hall–Kier alpha value is -1.14. The van der Waals surface area contributed by atoms with E-state index in [4.69, 9.17) is 15.4 Å². The summed E-state index contributed by atoms with van der Waals surface area (Å²) in [6.45, 7) is 5.41. The first-order valence-electron chi connectivity index (χ1n) is 6.05. The van der Waals surface area contributed by atoms with Crippen LogP contribution in [0.1, 0.15) is 36.2 Å². The summed E-state index contributed by atoms with van der Waals surface area (Å²) < 4.78 is 41.3. The van der Waals surface area contributed by atoms with Crippen molar-refractivity contribution in [1.82, 2.24) is 0 Å². The predicted octanol–water partition coefficient (Wildman–Crippen LogP) is 3.26. The average molecular weight is 323 g/mol. The Morgan fingerprint density at radius 1 is 1.40 bits per heavy atom. The van der Waals surface area contributed by atoms with Crippen molar-refractivity contribution in [2.24, 2.45) is 5.92 Å². The van der Waals surface area contributed by atoms with Gasteiger partial charge in [0.2, 0.25) is 0 Å². The molecule has 1 rings (SSSR count). The molecule has 0 N–H and O–H groups in total. The van der Waals surface area contributed by atoms with Gasteiger partial charge in [-0.3, -0.25) is 0 Å². The molecule has 1 aromatic carbocycles. The van der Waals surface area contributed by atoms with Gasteiger partial charge in [0.05, 0.1) is 17.1 Å². The van der Waals surface area contributed by atoms with Crippen LogP contribution in [0.3, 0.4) is 0 Å². The lowest BCUT2D eigenvalue weighted by Crippen LogP contribution is -2.10. The number of esters is 1. The van der Waals surface area contributed by atoms with Gasteiger partial charge >= 0.3 is 5.97 Å². The normalized spacial score (nSPS) is 11.7. The van der Waals surface area contributed by atoms with Crippen molar-refractivity contribution < 1.29 is 22.3 Å². The molecule has 0 fully saturated rings. The summed E-state index contributed by atoms with van der Waals surface area (Å²) in [5.41, 5.74) is -0.296. The third-order valence-corrected chi connectivity index (χ3v) is 4.17. The summed E-state index contributed by atoms with van der Waals surface area (Å²) in [7, 11) is 1.09. The zero-order valence-electron chi connectivity index (χ0n) is 11.4. The van der Waals surface area contributed by atoms with Crippen molar-refractivity contribution in [1.29, 1.82) is 0 Å². The van der Waals surface area contributed by atoms with Crippen LogP contribution in [0.4, 0.5) is 4.39 Å². The maximum absolute atomic E-state index is 13.6. The molecule has 0 aliphatic rings. The van der Waals surface area contributed by atoms with Crippen molar-refractivity contribution in [2.75, 3.05) is 6.61 Å². The van der Waals surface area contributed by atoms with Crippen LogP contribution in [0.25, 0.3) is 0 Å². The van der Waals surface area contributed by atoms with E-state index in [1.165, 1.54) is 6.92 Å². The lowest BCUT2D eigenvalue weighted by molar-refractivity contribution is 0.0487. The Labute approximate surface area is 122 Å². The van der Waals surface area contributed by atoms with Gasteiger partial charge in [0, 0.05) is 16.2 Å². The van der Waals surface area contributed by atoms with Crippen LogP contribution >= 0.6 is 10.7 Å². The highest BCUT2D eigenvalue weighted by Crippen LogP contribution is 2.24. The van der Waals surface area contributed by atoms with Crippen LogP contribution in [-0.2, 0) is 13.8 Å². The number of carbonyl (C=O) groups excluding carboxylic acids is 1. The second kappa shape index (κ2) is 6.54. The topological polar surface area (TPSA) is 60.4 Å². The van der Waals surface area contributed by atoms with Crippen LogP contribution < -0.4 is 0 Å². The van der Waals surface area contributed by atoms with Crippen LogP contribution in [0.15, 0.2) is 17.0 Å². The molecule has 0 aliphatic heterocycles. The van der Waals surface area contributed by atoms with E-state index in [9.17, 15) is 17.6 Å². The van der Waals surface area contributed by atoms with Crippen molar-refractivity contribution in [3.8, 4) is 0 Å². The highest BCUT2D eigenvalue weighted by Gasteiger charge is 2.20. The van der Waals surface area contributed by atoms with E-state index in [0.717, 1.165) is 12.1 Å². The van der Waals surface area contributed by atoms with E-state index in [0.29, 0.717) is 12.3 Å². The monoisotopic (exact) mass is 322 g/mol. The Bertz CT molecular complexity index is 611. The molecule has 1 aromatic rings. The van der Waals surface area contributed by atoms with Gasteiger partial charge in [0.15, 0.2) is 0 Å². The molecular formula is C13H16ClFO4S. The largest absolute Gasteiger partial charge is 0.462 e. The molecule has 0 saturated carbocycles. The third-order valence-electron chi connectivity index (χ3n) is 2.72. The fraction of sp³-hybridized carbons (Fsp3) is 0.462. The molecule has 0 radical (unpaired) electrons. The first-order valence-corrected chi connectivity index (χ1v) is 8.35. The molecule has 4 nitrogen and oxygen atoms in total. The minimum atomic E-state index is -4.12. The standard InChI is InChI=1S/C13H16ClFO4S/c1-8(2)4-5-19-13(16)10-6-11(15)9(3)12(7-10)20(14,17)18/h6-8H,4-5H2,1-3H3. The van der Waals surface area contributed by atoms with E-state index in [-0.39, 0.29) is 17.7 Å². The van der Waals surface area contributed by atoms with Gasteiger partial charge in [-0.25, -0.2) is 17.6 Å². The SMILES string of the molecule is Cc1c(F)cc(C(=O)OCCC(C)C)cc1S(=O)(=O)Cl. The first-order chi connectivity index (χ1) is 9.12. The van der Waals surface area contributed by atoms with Gasteiger partial charge in [0.1, 0.15) is 5.82 Å². The fourth-order valence-corrected chi connectivity index (χ4v) is 2.71. The van der Waals surface area contributed by atoms with Gasteiger partial charge < -0.3 is 4.74 Å². The Kier molecular flexibility index (Phi) is 5.53. The maximum atomic E-state index is 13.6. The average Bonchev–Trinajstić information content (AvgIpc) is 2.30. The molecule has 20 heavy (non-hydrogen) atoms. The molecule has 0 amide bonds. The number of hydrogen-bond donors (Lipinski definition) is 0. The Morgan fingerprint density at radius 2 is 2.00 bits per heavy atom. The molecule has 0 unspecified atom stereocenters. The van der Waals surface area contributed by atoms with Gasteiger partial charge in [-0.2, -0.15) is 0 Å². The molecule has 0 atom stereocenters. The summed E-state index contributed by atoms with van der Waals surface area (Å²) in [4.78, 5) is 11.3. The Morgan fingerprint density at radius 3 is 2.50 bits per heavy atom. The van der Waals surface area contributed by atoms with Crippen molar-refractivity contribution >= 4 is 25.7 Å². The Balaban J connectivity index is 3.03. The number of rotatable bonds is 5. The highest BCUT2D eigenvalue weighted by atomic mass is 35.7. The predicted molar refractivity (Wildman–Crippen MR) is 73.9 cm³/mol. The molecular weight excluding hydrogens is 307 g/mol. The summed E-state index contributed by atoms with van der Waals surface area (Å²) >= 11 is 0. The number of ether oxygens (including phenoxy) is 1. The van der Waals surface area contributed by atoms with Crippen molar-refractivity contribution in [3.63, 3.8) is 0 Å².